The van der Waals surface area contributed by atoms with E-state index < -0.39 is 17.2 Å². The van der Waals surface area contributed by atoms with Gasteiger partial charge in [-0.3, -0.25) is 4.98 Å². The first-order valence-corrected chi connectivity index (χ1v) is 9.21. The summed E-state index contributed by atoms with van der Waals surface area (Å²) in [5.74, 6) is -1.35. The van der Waals surface area contributed by atoms with Crippen LogP contribution in [0.5, 0.6) is 0 Å². The average molecular weight is 394 g/mol. The van der Waals surface area contributed by atoms with E-state index in [9.17, 15) is 13.9 Å². The fourth-order valence-electron chi connectivity index (χ4n) is 3.33. The molecule has 2 aromatic heterocycles. The maximum atomic E-state index is 14.1. The maximum Gasteiger partial charge on any atom is 0.151 e. The van der Waals surface area contributed by atoms with E-state index in [0.29, 0.717) is 17.8 Å². The van der Waals surface area contributed by atoms with Gasteiger partial charge < -0.3 is 5.11 Å². The topological polar surface area (TPSA) is 63.8 Å². The van der Waals surface area contributed by atoms with Gasteiger partial charge in [-0.15, -0.1) is 5.10 Å². The van der Waals surface area contributed by atoms with Crippen molar-refractivity contribution >= 4 is 10.9 Å². The van der Waals surface area contributed by atoms with E-state index in [0.717, 1.165) is 28.2 Å². The fraction of sp³-hybridized carbons (Fsp3) is 0.227. The van der Waals surface area contributed by atoms with Crippen LogP contribution in [0.1, 0.15) is 25.2 Å². The first-order chi connectivity index (χ1) is 13.7. The molecule has 0 fully saturated rings. The highest BCUT2D eigenvalue weighted by atomic mass is 19.1. The monoisotopic (exact) mass is 394 g/mol. The molecule has 4 rings (SSSR count). The molecule has 2 heterocycles. The third kappa shape index (κ3) is 3.86. The predicted molar refractivity (Wildman–Crippen MR) is 107 cm³/mol. The third-order valence-corrected chi connectivity index (χ3v) is 4.67. The Balaban J connectivity index is 1.72. The number of benzene rings is 2. The van der Waals surface area contributed by atoms with Crippen molar-refractivity contribution in [2.45, 2.75) is 32.8 Å². The summed E-state index contributed by atoms with van der Waals surface area (Å²) in [6.45, 7) is 5.28. The second-order valence-corrected chi connectivity index (χ2v) is 7.73. The minimum absolute atomic E-state index is 0.140. The summed E-state index contributed by atoms with van der Waals surface area (Å²) in [7, 11) is 0. The van der Waals surface area contributed by atoms with Crippen LogP contribution in [0.3, 0.4) is 0 Å². The van der Waals surface area contributed by atoms with Crippen molar-refractivity contribution in [1.29, 1.82) is 0 Å². The van der Waals surface area contributed by atoms with Crippen molar-refractivity contribution in [3.63, 3.8) is 0 Å². The summed E-state index contributed by atoms with van der Waals surface area (Å²) in [6, 6.07) is 12.9. The summed E-state index contributed by atoms with van der Waals surface area (Å²) in [5, 5.41) is 19.2. The normalized spacial score (nSPS) is 11.9. The first-order valence-electron chi connectivity index (χ1n) is 9.21. The largest absolute Gasteiger partial charge is 0.390 e. The van der Waals surface area contributed by atoms with Crippen LogP contribution in [0.15, 0.2) is 48.5 Å². The third-order valence-electron chi connectivity index (χ3n) is 4.67. The minimum atomic E-state index is -0.828. The number of rotatable bonds is 4. The Morgan fingerprint density at radius 2 is 1.83 bits per heavy atom. The maximum absolute atomic E-state index is 14.1. The molecule has 4 aromatic rings. The van der Waals surface area contributed by atoms with Gasteiger partial charge in [-0.2, -0.15) is 0 Å². The van der Waals surface area contributed by atoms with E-state index in [2.05, 4.69) is 15.3 Å². The van der Waals surface area contributed by atoms with Crippen LogP contribution in [0.4, 0.5) is 8.78 Å². The molecule has 148 valence electrons. The van der Waals surface area contributed by atoms with Crippen LogP contribution >= 0.6 is 0 Å². The van der Waals surface area contributed by atoms with Gasteiger partial charge in [0.25, 0.3) is 0 Å². The number of fused-ring (bicyclic) bond motifs is 1. The van der Waals surface area contributed by atoms with E-state index in [1.165, 1.54) is 16.8 Å². The Bertz CT molecular complexity index is 1210. The van der Waals surface area contributed by atoms with Gasteiger partial charge in [0.15, 0.2) is 5.82 Å². The Kier molecular flexibility index (Phi) is 4.62. The highest BCUT2D eigenvalue weighted by Gasteiger charge is 2.17. The van der Waals surface area contributed by atoms with Gasteiger partial charge in [-0.25, -0.2) is 13.5 Å². The lowest BCUT2D eigenvalue weighted by molar-refractivity contribution is 0.0800. The Morgan fingerprint density at radius 3 is 2.55 bits per heavy atom. The zero-order chi connectivity index (χ0) is 20.8. The molecule has 0 radical (unpaired) electrons. The molecule has 1 N–H and O–H groups in total. The van der Waals surface area contributed by atoms with Gasteiger partial charge in [0.05, 0.1) is 16.8 Å². The number of nitrogens with zero attached hydrogens (tertiary/aromatic N) is 4. The second-order valence-electron chi connectivity index (χ2n) is 7.73. The van der Waals surface area contributed by atoms with Crippen LogP contribution in [-0.4, -0.2) is 30.7 Å². The zero-order valence-corrected chi connectivity index (χ0v) is 16.3. The molecular formula is C22H20F2N4O. The standard InChI is InChI=1S/C22H20F2N4O/c1-13-21(26-27-28(13)20-9-6-16(23)11-18(20)24)15-5-8-19-14(10-15)4-7-17(25-19)12-22(2,3)29/h4-11,29H,12H2,1-3H3. The lowest BCUT2D eigenvalue weighted by atomic mass is 10.0. The molecular weight excluding hydrogens is 374 g/mol. The fourth-order valence-corrected chi connectivity index (χ4v) is 3.33. The second kappa shape index (κ2) is 7.00. The molecule has 0 amide bonds. The molecule has 0 saturated carbocycles. The average Bonchev–Trinajstić information content (AvgIpc) is 3.01. The molecule has 0 spiro atoms. The van der Waals surface area contributed by atoms with Crippen LogP contribution in [0.25, 0.3) is 27.8 Å². The number of aliphatic hydroxyl groups is 1. The molecule has 0 aliphatic heterocycles. The van der Waals surface area contributed by atoms with E-state index in [1.807, 2.05) is 30.3 Å². The smallest absolute Gasteiger partial charge is 0.151 e. The Morgan fingerprint density at radius 1 is 1.03 bits per heavy atom. The van der Waals surface area contributed by atoms with Crippen LogP contribution in [0, 0.1) is 18.6 Å². The van der Waals surface area contributed by atoms with Crippen molar-refractivity contribution in [3.8, 4) is 16.9 Å². The molecule has 0 atom stereocenters. The summed E-state index contributed by atoms with van der Waals surface area (Å²) in [5.41, 5.74) is 3.00. The van der Waals surface area contributed by atoms with Gasteiger partial charge in [0.2, 0.25) is 0 Å². The van der Waals surface area contributed by atoms with Crippen molar-refractivity contribution < 1.29 is 13.9 Å². The highest BCUT2D eigenvalue weighted by molar-refractivity contribution is 5.84. The molecule has 0 aliphatic rings. The van der Waals surface area contributed by atoms with Crippen molar-refractivity contribution in [3.05, 3.63) is 71.6 Å². The van der Waals surface area contributed by atoms with Gasteiger partial charge >= 0.3 is 0 Å². The molecule has 7 heteroatoms. The van der Waals surface area contributed by atoms with Gasteiger partial charge in [0.1, 0.15) is 17.2 Å². The molecule has 2 aromatic carbocycles. The van der Waals surface area contributed by atoms with E-state index in [4.69, 9.17) is 0 Å². The number of pyridine rings is 1. The summed E-state index contributed by atoms with van der Waals surface area (Å²) in [6.07, 6.45) is 0.460. The van der Waals surface area contributed by atoms with E-state index in [-0.39, 0.29) is 5.69 Å². The summed E-state index contributed by atoms with van der Waals surface area (Å²) in [4.78, 5) is 4.60. The van der Waals surface area contributed by atoms with Crippen molar-refractivity contribution in [1.82, 2.24) is 20.0 Å². The van der Waals surface area contributed by atoms with Crippen LogP contribution in [-0.2, 0) is 6.42 Å². The zero-order valence-electron chi connectivity index (χ0n) is 16.3. The SMILES string of the molecule is Cc1c(-c2ccc3nc(CC(C)(C)O)ccc3c2)nnn1-c1ccc(F)cc1F. The van der Waals surface area contributed by atoms with E-state index >= 15 is 0 Å². The van der Waals surface area contributed by atoms with Crippen molar-refractivity contribution in [2.75, 3.05) is 0 Å². The lowest BCUT2D eigenvalue weighted by Gasteiger charge is -2.16. The molecule has 0 unspecified atom stereocenters. The van der Waals surface area contributed by atoms with Gasteiger partial charge in [-0.1, -0.05) is 17.3 Å². The first kappa shape index (κ1) is 19.1. The number of hydrogen-bond donors (Lipinski definition) is 1. The number of hydrogen-bond acceptors (Lipinski definition) is 4. The van der Waals surface area contributed by atoms with Crippen molar-refractivity contribution in [2.24, 2.45) is 0 Å². The van der Waals surface area contributed by atoms with E-state index in [1.54, 1.807) is 20.8 Å². The number of halogens is 2. The highest BCUT2D eigenvalue weighted by Crippen LogP contribution is 2.27. The summed E-state index contributed by atoms with van der Waals surface area (Å²) >= 11 is 0. The number of aromatic nitrogens is 4. The molecule has 5 nitrogen and oxygen atoms in total. The summed E-state index contributed by atoms with van der Waals surface area (Å²) < 4.78 is 28.7. The van der Waals surface area contributed by atoms with Gasteiger partial charge in [0, 0.05) is 29.1 Å². The van der Waals surface area contributed by atoms with Crippen LogP contribution in [0.2, 0.25) is 0 Å². The van der Waals surface area contributed by atoms with Gasteiger partial charge in [-0.05, 0) is 51.1 Å². The molecule has 29 heavy (non-hydrogen) atoms. The molecule has 0 bridgehead atoms. The minimum Gasteiger partial charge on any atom is -0.390 e. The predicted octanol–water partition coefficient (Wildman–Crippen LogP) is 4.38. The Hall–Kier alpha value is -3.19. The quantitative estimate of drug-likeness (QED) is 0.558. The molecule has 0 saturated heterocycles. The lowest BCUT2D eigenvalue weighted by Crippen LogP contribution is -2.22. The molecule has 0 aliphatic carbocycles. The van der Waals surface area contributed by atoms with Crippen LogP contribution < -0.4 is 0 Å². The Labute approximate surface area is 166 Å².